The van der Waals surface area contributed by atoms with E-state index < -0.39 is 0 Å². The molecule has 1 heterocycles. The van der Waals surface area contributed by atoms with Crippen molar-refractivity contribution in [2.75, 3.05) is 18.8 Å². The van der Waals surface area contributed by atoms with Crippen molar-refractivity contribution in [1.29, 1.82) is 0 Å². The van der Waals surface area contributed by atoms with Crippen LogP contribution in [0.2, 0.25) is 0 Å². The lowest BCUT2D eigenvalue weighted by Gasteiger charge is -2.34. The van der Waals surface area contributed by atoms with Crippen molar-refractivity contribution in [2.45, 2.75) is 32.7 Å². The topological polar surface area (TPSA) is 3.24 Å². The summed E-state index contributed by atoms with van der Waals surface area (Å²) in [5.74, 6) is 1.94. The third kappa shape index (κ3) is 2.68. The summed E-state index contributed by atoms with van der Waals surface area (Å²) in [6.45, 7) is 7.18. The highest BCUT2D eigenvalue weighted by molar-refractivity contribution is 7.80. The largest absolute Gasteiger partial charge is 0.300 e. The van der Waals surface area contributed by atoms with Gasteiger partial charge in [0.05, 0.1) is 0 Å². The fraction of sp³-hybridized carbons (Fsp3) is 1.00. The maximum absolute atomic E-state index is 4.31. The van der Waals surface area contributed by atoms with Crippen LogP contribution >= 0.6 is 12.6 Å². The second-order valence-electron chi connectivity index (χ2n) is 3.75. The molecule has 0 aromatic heterocycles. The van der Waals surface area contributed by atoms with E-state index in [1.54, 1.807) is 0 Å². The molecule has 0 aromatic carbocycles. The summed E-state index contributed by atoms with van der Waals surface area (Å²) in [4.78, 5) is 2.55. The number of piperidine rings is 1. The Kier molecular flexibility index (Phi) is 3.73. The van der Waals surface area contributed by atoms with Crippen LogP contribution in [0.25, 0.3) is 0 Å². The number of hydrogen-bond acceptors (Lipinski definition) is 2. The lowest BCUT2D eigenvalue weighted by atomic mass is 9.98. The Hall–Kier alpha value is 0.310. The first-order valence-electron chi connectivity index (χ1n) is 4.59. The zero-order valence-corrected chi connectivity index (χ0v) is 8.48. The molecule has 1 aliphatic rings. The molecule has 0 aliphatic carbocycles. The Balaban J connectivity index is 2.27. The molecule has 2 heteroatoms. The van der Waals surface area contributed by atoms with E-state index in [1.165, 1.54) is 25.9 Å². The zero-order valence-electron chi connectivity index (χ0n) is 7.58. The number of hydrogen-bond donors (Lipinski definition) is 1. The summed E-state index contributed by atoms with van der Waals surface area (Å²) in [7, 11) is 0. The van der Waals surface area contributed by atoms with Crippen molar-refractivity contribution in [1.82, 2.24) is 4.90 Å². The summed E-state index contributed by atoms with van der Waals surface area (Å²) >= 11 is 4.31. The summed E-state index contributed by atoms with van der Waals surface area (Å²) in [6.07, 6.45) is 2.75. The Bertz CT molecular complexity index is 108. The average molecular weight is 173 g/mol. The molecule has 0 spiro atoms. The molecule has 1 saturated heterocycles. The molecule has 0 aromatic rings. The van der Waals surface area contributed by atoms with Gasteiger partial charge >= 0.3 is 0 Å². The lowest BCUT2D eigenvalue weighted by Crippen LogP contribution is -2.40. The van der Waals surface area contributed by atoms with Gasteiger partial charge in [0.25, 0.3) is 0 Å². The van der Waals surface area contributed by atoms with Crippen LogP contribution in [0.3, 0.4) is 0 Å². The van der Waals surface area contributed by atoms with E-state index in [0.29, 0.717) is 6.04 Å². The molecule has 0 bridgehead atoms. The molecule has 0 N–H and O–H groups in total. The van der Waals surface area contributed by atoms with Crippen molar-refractivity contribution in [3.8, 4) is 0 Å². The highest BCUT2D eigenvalue weighted by Gasteiger charge is 2.18. The second kappa shape index (κ2) is 4.36. The van der Waals surface area contributed by atoms with Gasteiger partial charge in [0, 0.05) is 11.8 Å². The number of likely N-dealkylation sites (tertiary alicyclic amines) is 1. The molecule has 11 heavy (non-hydrogen) atoms. The Morgan fingerprint density at radius 1 is 1.45 bits per heavy atom. The summed E-state index contributed by atoms with van der Waals surface area (Å²) < 4.78 is 0. The minimum Gasteiger partial charge on any atom is -0.300 e. The number of nitrogens with zero attached hydrogens (tertiary/aromatic N) is 1. The first-order chi connectivity index (χ1) is 5.24. The smallest absolute Gasteiger partial charge is 0.0155 e. The monoisotopic (exact) mass is 173 g/mol. The van der Waals surface area contributed by atoms with Crippen LogP contribution in [0.4, 0.5) is 0 Å². The summed E-state index contributed by atoms with van der Waals surface area (Å²) in [5.41, 5.74) is 0. The van der Waals surface area contributed by atoms with Crippen LogP contribution < -0.4 is 0 Å². The second-order valence-corrected chi connectivity index (χ2v) is 4.12. The fourth-order valence-electron chi connectivity index (χ4n) is 1.58. The highest BCUT2D eigenvalue weighted by Crippen LogP contribution is 2.17. The summed E-state index contributed by atoms with van der Waals surface area (Å²) in [6, 6.07) is 0.672. The molecule has 1 fully saturated rings. The minimum absolute atomic E-state index is 0.672. The normalized spacial score (nSPS) is 25.4. The van der Waals surface area contributed by atoms with Crippen molar-refractivity contribution in [3.63, 3.8) is 0 Å². The lowest BCUT2D eigenvalue weighted by molar-refractivity contribution is 0.158. The van der Waals surface area contributed by atoms with Crippen LogP contribution in [-0.4, -0.2) is 29.8 Å². The Morgan fingerprint density at radius 3 is 2.45 bits per heavy atom. The predicted octanol–water partition coefficient (Wildman–Crippen LogP) is 2.04. The van der Waals surface area contributed by atoms with Gasteiger partial charge in [0.2, 0.25) is 0 Å². The van der Waals surface area contributed by atoms with E-state index in [9.17, 15) is 0 Å². The maximum Gasteiger partial charge on any atom is 0.0155 e. The average Bonchev–Trinajstić information content (AvgIpc) is 2.05. The molecule has 1 atom stereocenters. The SMILES string of the molecule is CC1CCN(C(C)CS)CC1. The van der Waals surface area contributed by atoms with Crippen molar-refractivity contribution >= 4 is 12.6 Å². The maximum atomic E-state index is 4.31. The molecule has 1 unspecified atom stereocenters. The van der Waals surface area contributed by atoms with E-state index in [4.69, 9.17) is 0 Å². The zero-order chi connectivity index (χ0) is 8.27. The van der Waals surface area contributed by atoms with Gasteiger partial charge in [-0.1, -0.05) is 6.92 Å². The van der Waals surface area contributed by atoms with E-state index in [0.717, 1.165) is 11.7 Å². The van der Waals surface area contributed by atoms with Crippen molar-refractivity contribution in [2.24, 2.45) is 5.92 Å². The van der Waals surface area contributed by atoms with Gasteiger partial charge in [-0.15, -0.1) is 0 Å². The van der Waals surface area contributed by atoms with Crippen LogP contribution in [0.15, 0.2) is 0 Å². The quantitative estimate of drug-likeness (QED) is 0.625. The standard InChI is InChI=1S/C9H19NS/c1-8-3-5-10(6-4-8)9(2)7-11/h8-9,11H,3-7H2,1-2H3. The van der Waals surface area contributed by atoms with E-state index >= 15 is 0 Å². The summed E-state index contributed by atoms with van der Waals surface area (Å²) in [5, 5.41) is 0. The van der Waals surface area contributed by atoms with Gasteiger partial charge in [0.1, 0.15) is 0 Å². The first-order valence-corrected chi connectivity index (χ1v) is 5.22. The first kappa shape index (κ1) is 9.40. The van der Waals surface area contributed by atoms with Gasteiger partial charge in [0.15, 0.2) is 0 Å². The molecular formula is C9H19NS. The van der Waals surface area contributed by atoms with E-state index in [2.05, 4.69) is 31.4 Å². The van der Waals surface area contributed by atoms with E-state index in [1.807, 2.05) is 0 Å². The van der Waals surface area contributed by atoms with Crippen LogP contribution in [0.1, 0.15) is 26.7 Å². The number of rotatable bonds is 2. The minimum atomic E-state index is 0.672. The molecule has 0 amide bonds. The molecule has 66 valence electrons. The molecule has 0 radical (unpaired) electrons. The third-order valence-electron chi connectivity index (χ3n) is 2.71. The Morgan fingerprint density at radius 2 is 2.00 bits per heavy atom. The molecule has 1 nitrogen and oxygen atoms in total. The van der Waals surface area contributed by atoms with Crippen molar-refractivity contribution < 1.29 is 0 Å². The highest BCUT2D eigenvalue weighted by atomic mass is 32.1. The van der Waals surface area contributed by atoms with Crippen molar-refractivity contribution in [3.05, 3.63) is 0 Å². The molecular weight excluding hydrogens is 154 g/mol. The molecule has 1 aliphatic heterocycles. The Labute approximate surface area is 75.6 Å². The third-order valence-corrected chi connectivity index (χ3v) is 3.23. The van der Waals surface area contributed by atoms with Crippen LogP contribution in [-0.2, 0) is 0 Å². The van der Waals surface area contributed by atoms with E-state index in [-0.39, 0.29) is 0 Å². The van der Waals surface area contributed by atoms with Gasteiger partial charge in [-0.25, -0.2) is 0 Å². The van der Waals surface area contributed by atoms with Crippen LogP contribution in [0.5, 0.6) is 0 Å². The van der Waals surface area contributed by atoms with Gasteiger partial charge in [-0.05, 0) is 38.8 Å². The molecule has 0 saturated carbocycles. The van der Waals surface area contributed by atoms with Gasteiger partial charge in [-0.3, -0.25) is 4.90 Å². The number of thiol groups is 1. The van der Waals surface area contributed by atoms with Gasteiger partial charge in [-0.2, -0.15) is 12.6 Å². The predicted molar refractivity (Wildman–Crippen MR) is 53.3 cm³/mol. The molecule has 1 rings (SSSR count). The van der Waals surface area contributed by atoms with Crippen LogP contribution in [0, 0.1) is 5.92 Å². The van der Waals surface area contributed by atoms with Gasteiger partial charge < -0.3 is 0 Å². The fourth-order valence-corrected chi connectivity index (χ4v) is 1.82.